The zero-order chi connectivity index (χ0) is 22.2. The minimum Gasteiger partial charge on any atom is -0.496 e. The van der Waals surface area contributed by atoms with E-state index in [4.69, 9.17) is 4.74 Å². The molecule has 1 saturated heterocycles. The molecule has 1 N–H and O–H groups in total. The summed E-state index contributed by atoms with van der Waals surface area (Å²) >= 11 is 0. The summed E-state index contributed by atoms with van der Waals surface area (Å²) in [5.74, 6) is 0.801. The number of nitrogens with one attached hydrogen (secondary N) is 1. The molecule has 0 saturated carbocycles. The molecule has 0 unspecified atom stereocenters. The fraction of sp³-hybridized carbons (Fsp3) is 0.476. The molecule has 0 aliphatic carbocycles. The lowest BCUT2D eigenvalue weighted by atomic mass is 9.99. The summed E-state index contributed by atoms with van der Waals surface area (Å²) in [6, 6.07) is 6.73. The predicted molar refractivity (Wildman–Crippen MR) is 114 cm³/mol. The van der Waals surface area contributed by atoms with Crippen LogP contribution in [0.25, 0.3) is 0 Å². The Hall–Kier alpha value is -2.72. The number of aromatic amines is 1. The molecular formula is C21H26N4O5S. The largest absolute Gasteiger partial charge is 0.496 e. The molecule has 4 rings (SSSR count). The normalized spacial score (nSPS) is 19.7. The van der Waals surface area contributed by atoms with Gasteiger partial charge in [0.15, 0.2) is 0 Å². The van der Waals surface area contributed by atoms with E-state index in [0.29, 0.717) is 47.8 Å². The first-order valence-electron chi connectivity index (χ1n) is 10.3. The maximum atomic E-state index is 13.3. The highest BCUT2D eigenvalue weighted by Gasteiger charge is 2.33. The average molecular weight is 447 g/mol. The average Bonchev–Trinajstić information content (AvgIpc) is 2.77. The number of hydrogen-bond acceptors (Lipinski definition) is 6. The minimum absolute atomic E-state index is 0.0192. The number of nitrogens with zero attached hydrogens (tertiary/aromatic N) is 3. The molecule has 1 aromatic carbocycles. The second-order valence-electron chi connectivity index (χ2n) is 7.93. The van der Waals surface area contributed by atoms with E-state index in [0.717, 1.165) is 19.1 Å². The Morgan fingerprint density at radius 3 is 2.74 bits per heavy atom. The molecule has 1 atom stereocenters. The van der Waals surface area contributed by atoms with Crippen molar-refractivity contribution < 1.29 is 17.9 Å². The molecule has 2 aliphatic rings. The number of fused-ring (bicyclic) bond motifs is 1. The van der Waals surface area contributed by atoms with Gasteiger partial charge in [-0.15, -0.1) is 0 Å². The smallest absolute Gasteiger partial charge is 0.258 e. The number of piperidine rings is 1. The molecule has 2 aromatic rings. The van der Waals surface area contributed by atoms with Gasteiger partial charge in [-0.2, -0.15) is 4.31 Å². The topological polar surface area (TPSA) is 113 Å². The lowest BCUT2D eigenvalue weighted by molar-refractivity contribution is 0.0595. The number of hydrogen-bond donors (Lipinski definition) is 1. The SMILES string of the molecule is COc1ccccc1C(=O)N1CCCC[C@H]1c1nc2c(c(=O)[nH]1)CN(S(C)(=O)=O)CC2. The van der Waals surface area contributed by atoms with Crippen molar-refractivity contribution in [1.82, 2.24) is 19.2 Å². The lowest BCUT2D eigenvalue weighted by Gasteiger charge is -2.36. The van der Waals surface area contributed by atoms with Gasteiger partial charge >= 0.3 is 0 Å². The van der Waals surface area contributed by atoms with Crippen molar-refractivity contribution in [3.8, 4) is 5.75 Å². The van der Waals surface area contributed by atoms with E-state index in [-0.39, 0.29) is 30.6 Å². The van der Waals surface area contributed by atoms with Crippen molar-refractivity contribution in [2.24, 2.45) is 0 Å². The molecule has 1 fully saturated rings. The van der Waals surface area contributed by atoms with Crippen LogP contribution >= 0.6 is 0 Å². The quantitative estimate of drug-likeness (QED) is 0.761. The van der Waals surface area contributed by atoms with Crippen molar-refractivity contribution in [1.29, 1.82) is 0 Å². The highest BCUT2D eigenvalue weighted by Crippen LogP contribution is 2.32. The highest BCUT2D eigenvalue weighted by molar-refractivity contribution is 7.88. The van der Waals surface area contributed by atoms with Crippen LogP contribution < -0.4 is 10.3 Å². The predicted octanol–water partition coefficient (Wildman–Crippen LogP) is 1.46. The molecule has 0 bridgehead atoms. The third-order valence-corrected chi connectivity index (χ3v) is 7.19. The van der Waals surface area contributed by atoms with Crippen LogP contribution in [0.3, 0.4) is 0 Å². The van der Waals surface area contributed by atoms with E-state index >= 15 is 0 Å². The van der Waals surface area contributed by atoms with Gasteiger partial charge in [-0.1, -0.05) is 12.1 Å². The van der Waals surface area contributed by atoms with Gasteiger partial charge < -0.3 is 14.6 Å². The Morgan fingerprint density at radius 2 is 2.00 bits per heavy atom. The maximum Gasteiger partial charge on any atom is 0.258 e. The molecule has 9 nitrogen and oxygen atoms in total. The Morgan fingerprint density at radius 1 is 1.23 bits per heavy atom. The third-order valence-electron chi connectivity index (χ3n) is 5.94. The molecule has 1 aromatic heterocycles. The van der Waals surface area contributed by atoms with Crippen molar-refractivity contribution in [2.75, 3.05) is 26.5 Å². The number of likely N-dealkylation sites (tertiary alicyclic amines) is 1. The number of ether oxygens (including phenoxy) is 1. The zero-order valence-electron chi connectivity index (χ0n) is 17.6. The Balaban J connectivity index is 1.67. The van der Waals surface area contributed by atoms with E-state index in [9.17, 15) is 18.0 Å². The lowest BCUT2D eigenvalue weighted by Crippen LogP contribution is -2.42. The van der Waals surface area contributed by atoms with Crippen molar-refractivity contribution in [3.05, 3.63) is 57.3 Å². The van der Waals surface area contributed by atoms with Crippen molar-refractivity contribution in [2.45, 2.75) is 38.3 Å². The van der Waals surface area contributed by atoms with Gasteiger partial charge in [-0.05, 0) is 31.4 Å². The number of aromatic nitrogens is 2. The molecule has 2 aliphatic heterocycles. The van der Waals surface area contributed by atoms with Crippen LogP contribution in [0.5, 0.6) is 5.75 Å². The van der Waals surface area contributed by atoms with Gasteiger partial charge in [-0.25, -0.2) is 13.4 Å². The Bertz CT molecular complexity index is 1160. The Labute approximate surface area is 181 Å². The first-order chi connectivity index (χ1) is 14.8. The van der Waals surface area contributed by atoms with E-state index in [1.807, 2.05) is 6.07 Å². The monoisotopic (exact) mass is 446 g/mol. The van der Waals surface area contributed by atoms with Gasteiger partial charge in [0, 0.05) is 26.1 Å². The van der Waals surface area contributed by atoms with E-state index in [1.165, 1.54) is 11.4 Å². The number of benzene rings is 1. The number of sulfonamides is 1. The van der Waals surface area contributed by atoms with Crippen LogP contribution in [-0.2, 0) is 23.0 Å². The van der Waals surface area contributed by atoms with Gasteiger partial charge in [0.25, 0.3) is 11.5 Å². The van der Waals surface area contributed by atoms with Gasteiger partial charge in [0.2, 0.25) is 10.0 Å². The van der Waals surface area contributed by atoms with E-state index in [1.54, 1.807) is 23.1 Å². The summed E-state index contributed by atoms with van der Waals surface area (Å²) in [6.45, 7) is 0.867. The second kappa shape index (κ2) is 8.43. The summed E-state index contributed by atoms with van der Waals surface area (Å²) < 4.78 is 30.4. The van der Waals surface area contributed by atoms with E-state index < -0.39 is 10.0 Å². The van der Waals surface area contributed by atoms with Crippen molar-refractivity contribution >= 4 is 15.9 Å². The number of carbonyl (C=O) groups is 1. The van der Waals surface area contributed by atoms with Crippen LogP contribution in [0, 0.1) is 0 Å². The van der Waals surface area contributed by atoms with Crippen LogP contribution in [-0.4, -0.2) is 60.0 Å². The molecular weight excluding hydrogens is 420 g/mol. The fourth-order valence-electron chi connectivity index (χ4n) is 4.30. The summed E-state index contributed by atoms with van der Waals surface area (Å²) in [5.41, 5.74) is 1.11. The summed E-state index contributed by atoms with van der Waals surface area (Å²) in [5, 5.41) is 0. The number of H-pyrrole nitrogens is 1. The summed E-state index contributed by atoms with van der Waals surface area (Å²) in [6.07, 6.45) is 3.99. The number of rotatable bonds is 4. The number of methoxy groups -OCH3 is 1. The van der Waals surface area contributed by atoms with Gasteiger partial charge in [0.05, 0.1) is 36.2 Å². The number of carbonyl (C=O) groups excluding carboxylic acids is 1. The Kier molecular flexibility index (Phi) is 5.85. The highest BCUT2D eigenvalue weighted by atomic mass is 32.2. The van der Waals surface area contributed by atoms with Crippen LogP contribution in [0.1, 0.15) is 52.7 Å². The van der Waals surface area contributed by atoms with Gasteiger partial charge in [-0.3, -0.25) is 9.59 Å². The molecule has 166 valence electrons. The summed E-state index contributed by atoms with van der Waals surface area (Å²) in [7, 11) is -1.86. The first-order valence-corrected chi connectivity index (χ1v) is 12.2. The molecule has 10 heteroatoms. The molecule has 3 heterocycles. The van der Waals surface area contributed by atoms with Crippen LogP contribution in [0.2, 0.25) is 0 Å². The minimum atomic E-state index is -3.39. The third kappa shape index (κ3) is 4.22. The fourth-order valence-corrected chi connectivity index (χ4v) is 5.08. The van der Waals surface area contributed by atoms with E-state index in [2.05, 4.69) is 9.97 Å². The zero-order valence-corrected chi connectivity index (χ0v) is 18.4. The molecule has 0 radical (unpaired) electrons. The molecule has 0 spiro atoms. The molecule has 1 amide bonds. The van der Waals surface area contributed by atoms with Gasteiger partial charge in [0.1, 0.15) is 11.6 Å². The maximum absolute atomic E-state index is 13.3. The summed E-state index contributed by atoms with van der Waals surface area (Å²) in [4.78, 5) is 35.4. The first kappa shape index (κ1) is 21.5. The number of amides is 1. The number of para-hydroxylation sites is 1. The van der Waals surface area contributed by atoms with Crippen LogP contribution in [0.15, 0.2) is 29.1 Å². The van der Waals surface area contributed by atoms with Crippen LogP contribution in [0.4, 0.5) is 0 Å². The van der Waals surface area contributed by atoms with Crippen molar-refractivity contribution in [3.63, 3.8) is 0 Å². The standard InChI is InChI=1S/C21H26N4O5S/c1-30-18-9-4-3-7-14(18)21(27)25-11-6-5-8-17(25)19-22-16-10-12-24(31(2,28)29)13-15(16)20(26)23-19/h3-4,7,9,17H,5-6,8,10-13H2,1-2H3,(H,22,23,26)/t17-/m0/s1. The molecule has 31 heavy (non-hydrogen) atoms. The second-order valence-corrected chi connectivity index (χ2v) is 9.92.